The molecule has 1 aliphatic rings. The fraction of sp³-hybridized carbons (Fsp3) is 0.467. The summed E-state index contributed by atoms with van der Waals surface area (Å²) in [6.45, 7) is 2.41. The highest BCUT2D eigenvalue weighted by Crippen LogP contribution is 2.25. The van der Waals surface area contributed by atoms with E-state index in [9.17, 15) is 8.42 Å². The molecule has 1 fully saturated rings. The van der Waals surface area contributed by atoms with Crippen LogP contribution in [0.3, 0.4) is 0 Å². The summed E-state index contributed by atoms with van der Waals surface area (Å²) >= 11 is 12.9. The van der Waals surface area contributed by atoms with E-state index in [2.05, 4.69) is 10.4 Å². The number of hydrogen-bond donors (Lipinski definition) is 1. The van der Waals surface area contributed by atoms with Crippen LogP contribution in [0.4, 0.5) is 10.8 Å². The third-order valence-electron chi connectivity index (χ3n) is 4.22. The third-order valence-corrected chi connectivity index (χ3v) is 7.60. The van der Waals surface area contributed by atoms with Gasteiger partial charge in [-0.2, -0.15) is 0 Å². The van der Waals surface area contributed by atoms with E-state index in [4.69, 9.17) is 23.8 Å². The Morgan fingerprint density at radius 1 is 1.52 bits per heavy atom. The van der Waals surface area contributed by atoms with Gasteiger partial charge in [0.2, 0.25) is 5.13 Å². The normalized spacial score (nSPS) is 19.4. The van der Waals surface area contributed by atoms with Crippen molar-refractivity contribution in [1.29, 1.82) is 0 Å². The van der Waals surface area contributed by atoms with Gasteiger partial charge in [0.1, 0.15) is 0 Å². The zero-order valence-corrected chi connectivity index (χ0v) is 17.1. The highest BCUT2D eigenvalue weighted by molar-refractivity contribution is 7.91. The van der Waals surface area contributed by atoms with E-state index in [1.54, 1.807) is 4.68 Å². The van der Waals surface area contributed by atoms with Crippen LogP contribution < -0.4 is 5.32 Å². The Morgan fingerprint density at radius 3 is 2.92 bits per heavy atom. The van der Waals surface area contributed by atoms with E-state index < -0.39 is 9.84 Å². The Hall–Kier alpha value is -1.00. The molecule has 1 aliphatic heterocycles. The highest BCUT2D eigenvalue weighted by Gasteiger charge is 2.30. The number of anilines is 2. The second-order valence-electron chi connectivity index (χ2n) is 6.22. The molecule has 0 bridgehead atoms. The number of hydrogen-bond acceptors (Lipinski definition) is 7. The molecule has 0 amide bonds. The molecule has 0 spiro atoms. The van der Waals surface area contributed by atoms with Crippen LogP contribution in [0.25, 0.3) is 0 Å². The van der Waals surface area contributed by atoms with Crippen LogP contribution in [-0.4, -0.2) is 47.7 Å². The zero-order chi connectivity index (χ0) is 18.2. The van der Waals surface area contributed by atoms with Crippen LogP contribution in [0, 0.1) is 10.9 Å². The van der Waals surface area contributed by atoms with E-state index in [1.165, 1.54) is 11.3 Å². The molecule has 0 radical (unpaired) electrons. The molecule has 0 saturated carbocycles. The summed E-state index contributed by atoms with van der Waals surface area (Å²) in [5, 5.41) is 9.07. The van der Waals surface area contributed by atoms with E-state index in [0.29, 0.717) is 27.2 Å². The molecule has 2 aromatic rings. The summed E-state index contributed by atoms with van der Waals surface area (Å²) in [6, 6.07) is 5.74. The average molecular weight is 419 g/mol. The zero-order valence-electron chi connectivity index (χ0n) is 13.9. The van der Waals surface area contributed by atoms with Gasteiger partial charge in [-0.3, -0.25) is 4.90 Å². The molecule has 25 heavy (non-hydrogen) atoms. The first kappa shape index (κ1) is 18.8. The second-order valence-corrected chi connectivity index (χ2v) is 10.5. The summed E-state index contributed by atoms with van der Waals surface area (Å²) < 4.78 is 25.6. The van der Waals surface area contributed by atoms with Gasteiger partial charge < -0.3 is 5.32 Å². The largest absolute Gasteiger partial charge is 0.330 e. The smallest absolute Gasteiger partial charge is 0.209 e. The quantitative estimate of drug-likeness (QED) is 0.750. The predicted molar refractivity (Wildman–Crippen MR) is 105 cm³/mol. The molecular weight excluding hydrogens is 400 g/mol. The molecule has 3 rings (SSSR count). The minimum Gasteiger partial charge on any atom is -0.330 e. The van der Waals surface area contributed by atoms with Crippen LogP contribution in [0.2, 0.25) is 5.02 Å². The van der Waals surface area contributed by atoms with Crippen LogP contribution >= 0.6 is 35.2 Å². The number of rotatable bonds is 5. The lowest BCUT2D eigenvalue weighted by Gasteiger charge is -2.22. The first-order valence-corrected chi connectivity index (χ1v) is 11.2. The van der Waals surface area contributed by atoms with Crippen molar-refractivity contribution in [3.05, 3.63) is 32.7 Å². The fourth-order valence-corrected chi connectivity index (χ4v) is 5.69. The third kappa shape index (κ3) is 4.59. The minimum absolute atomic E-state index is 0.0147. The Morgan fingerprint density at radius 2 is 2.28 bits per heavy atom. The number of sulfone groups is 1. The molecule has 136 valence electrons. The van der Waals surface area contributed by atoms with Gasteiger partial charge in [0.15, 0.2) is 13.8 Å². The number of aromatic nitrogens is 2. The Bertz CT molecular complexity index is 938. The van der Waals surface area contributed by atoms with Crippen molar-refractivity contribution in [1.82, 2.24) is 14.7 Å². The molecule has 1 atom stereocenters. The van der Waals surface area contributed by atoms with Crippen molar-refractivity contribution in [3.8, 4) is 0 Å². The van der Waals surface area contributed by atoms with Gasteiger partial charge >= 0.3 is 0 Å². The minimum atomic E-state index is -2.91. The van der Waals surface area contributed by atoms with E-state index in [1.807, 2.05) is 37.1 Å². The SMILES string of the molecule is Cc1ccc(Nc2nn(CN(C)[C@H]3CCS(=O)(=O)C3)c(=S)s2)cc1Cl. The van der Waals surface area contributed by atoms with Crippen LogP contribution in [0.5, 0.6) is 0 Å². The van der Waals surface area contributed by atoms with Gasteiger partial charge in [0.25, 0.3) is 0 Å². The van der Waals surface area contributed by atoms with Gasteiger partial charge in [-0.15, -0.1) is 5.10 Å². The second kappa shape index (κ2) is 7.32. The first-order chi connectivity index (χ1) is 11.7. The topological polar surface area (TPSA) is 67.2 Å². The molecule has 0 aliphatic carbocycles. The first-order valence-electron chi connectivity index (χ1n) is 7.75. The lowest BCUT2D eigenvalue weighted by atomic mass is 10.2. The summed E-state index contributed by atoms with van der Waals surface area (Å²) in [4.78, 5) is 1.99. The molecule has 2 heterocycles. The lowest BCUT2D eigenvalue weighted by molar-refractivity contribution is 0.198. The molecule has 0 unspecified atom stereocenters. The summed E-state index contributed by atoms with van der Waals surface area (Å²) in [5.41, 5.74) is 1.86. The Balaban J connectivity index is 1.70. The van der Waals surface area contributed by atoms with Gasteiger partial charge in [-0.1, -0.05) is 29.0 Å². The molecular formula is C15H19ClN4O2S3. The number of nitrogens with zero attached hydrogens (tertiary/aromatic N) is 3. The summed E-state index contributed by atoms with van der Waals surface area (Å²) in [6.07, 6.45) is 0.656. The Kier molecular flexibility index (Phi) is 5.50. The standard InChI is InChI=1S/C15H19ClN4O2S3/c1-10-3-4-11(7-13(10)16)17-14-18-20(15(23)24-14)9-19(2)12-5-6-25(21,22)8-12/h3-4,7,12H,5-6,8-9H2,1-2H3,(H,17,18)/t12-/m0/s1. The maximum atomic E-state index is 11.6. The highest BCUT2D eigenvalue weighted by atomic mass is 35.5. The number of benzene rings is 1. The van der Waals surface area contributed by atoms with Crippen molar-refractivity contribution in [3.63, 3.8) is 0 Å². The summed E-state index contributed by atoms with van der Waals surface area (Å²) in [7, 11) is -1.00. The van der Waals surface area contributed by atoms with Crippen molar-refractivity contribution < 1.29 is 8.42 Å². The van der Waals surface area contributed by atoms with Crippen molar-refractivity contribution >= 4 is 55.8 Å². The number of aryl methyl sites for hydroxylation is 1. The maximum absolute atomic E-state index is 11.6. The molecule has 1 aromatic heterocycles. The van der Waals surface area contributed by atoms with Crippen LogP contribution in [0.1, 0.15) is 12.0 Å². The molecule has 6 nitrogen and oxygen atoms in total. The van der Waals surface area contributed by atoms with Crippen molar-refractivity contribution in [2.75, 3.05) is 23.9 Å². The van der Waals surface area contributed by atoms with Crippen LogP contribution in [-0.2, 0) is 16.5 Å². The average Bonchev–Trinajstić information content (AvgIpc) is 3.06. The molecule has 10 heteroatoms. The monoisotopic (exact) mass is 418 g/mol. The van der Waals surface area contributed by atoms with Crippen molar-refractivity contribution in [2.45, 2.75) is 26.1 Å². The number of halogens is 1. The van der Waals surface area contributed by atoms with Gasteiger partial charge in [0, 0.05) is 16.8 Å². The molecule has 1 saturated heterocycles. The Labute approximate surface area is 161 Å². The molecule has 1 aromatic carbocycles. The maximum Gasteiger partial charge on any atom is 0.209 e. The lowest BCUT2D eigenvalue weighted by Crippen LogP contribution is -2.34. The van der Waals surface area contributed by atoms with E-state index >= 15 is 0 Å². The summed E-state index contributed by atoms with van der Waals surface area (Å²) in [5.74, 6) is 0.458. The number of nitrogens with one attached hydrogen (secondary N) is 1. The van der Waals surface area contributed by atoms with E-state index in [0.717, 1.165) is 11.3 Å². The van der Waals surface area contributed by atoms with Crippen LogP contribution in [0.15, 0.2) is 18.2 Å². The predicted octanol–water partition coefficient (Wildman–Crippen LogP) is 3.46. The van der Waals surface area contributed by atoms with Crippen molar-refractivity contribution in [2.24, 2.45) is 0 Å². The molecule has 1 N–H and O–H groups in total. The van der Waals surface area contributed by atoms with Gasteiger partial charge in [-0.25, -0.2) is 13.1 Å². The van der Waals surface area contributed by atoms with Gasteiger partial charge in [0.05, 0.1) is 18.2 Å². The fourth-order valence-electron chi connectivity index (χ4n) is 2.69. The van der Waals surface area contributed by atoms with E-state index in [-0.39, 0.29) is 17.5 Å². The van der Waals surface area contributed by atoms with Gasteiger partial charge in [-0.05, 0) is 50.3 Å².